The van der Waals surface area contributed by atoms with Gasteiger partial charge in [-0.15, -0.1) is 0 Å². The van der Waals surface area contributed by atoms with Crippen molar-refractivity contribution in [2.75, 3.05) is 14.1 Å². The van der Waals surface area contributed by atoms with Crippen molar-refractivity contribution < 1.29 is 9.59 Å². The molecule has 24 heavy (non-hydrogen) atoms. The lowest BCUT2D eigenvalue weighted by Gasteiger charge is -2.44. The van der Waals surface area contributed by atoms with Gasteiger partial charge in [0.15, 0.2) is 5.78 Å². The lowest BCUT2D eigenvalue weighted by molar-refractivity contribution is -0.143. The summed E-state index contributed by atoms with van der Waals surface area (Å²) in [6, 6.07) is 7.88. The van der Waals surface area contributed by atoms with Gasteiger partial charge in [-0.1, -0.05) is 48.0 Å². The third-order valence-electron chi connectivity index (χ3n) is 4.80. The first-order chi connectivity index (χ1) is 11.2. The van der Waals surface area contributed by atoms with E-state index >= 15 is 0 Å². The minimum atomic E-state index is -0.164. The Bertz CT molecular complexity index is 737. The smallest absolute Gasteiger partial charge is 0.242 e. The highest BCUT2D eigenvalue weighted by Crippen LogP contribution is 2.48. The van der Waals surface area contributed by atoms with Crippen LogP contribution in [0.5, 0.6) is 0 Å². The highest BCUT2D eigenvalue weighted by atomic mass is 79.9. The summed E-state index contributed by atoms with van der Waals surface area (Å²) in [5, 5.41) is 3.49. The third kappa shape index (κ3) is 2.95. The molecule has 0 spiro atoms. The molecule has 0 fully saturated rings. The number of carbonyl (C=O) groups excluding carboxylic acids is 2. The molecule has 1 aliphatic heterocycles. The minimum absolute atomic E-state index is 0.0463. The molecule has 0 N–H and O–H groups in total. The van der Waals surface area contributed by atoms with Gasteiger partial charge in [0.2, 0.25) is 5.91 Å². The normalized spacial score (nSPS) is 23.8. The van der Waals surface area contributed by atoms with Gasteiger partial charge in [-0.05, 0) is 23.5 Å². The Kier molecular flexibility index (Phi) is 4.43. The zero-order valence-corrected chi connectivity index (χ0v) is 16.2. The number of Topliss-reactive ketones (excluding diaryl/α,β-unsaturated/α-hetero) is 1. The molecule has 128 valence electrons. The molecule has 1 heterocycles. The van der Waals surface area contributed by atoms with Crippen molar-refractivity contribution in [2.45, 2.75) is 39.0 Å². The lowest BCUT2D eigenvalue weighted by Crippen LogP contribution is -2.49. The van der Waals surface area contributed by atoms with Crippen molar-refractivity contribution in [3.05, 3.63) is 45.6 Å². The Morgan fingerprint density at radius 2 is 1.83 bits per heavy atom. The van der Waals surface area contributed by atoms with Gasteiger partial charge in [0, 0.05) is 48.6 Å². The second kappa shape index (κ2) is 6.12. The molecule has 3 rings (SSSR count). The highest BCUT2D eigenvalue weighted by molar-refractivity contribution is 9.10. The molecule has 1 amide bonds. The molecule has 1 aromatic rings. The van der Waals surface area contributed by atoms with Crippen molar-refractivity contribution in [1.29, 1.82) is 0 Å². The zero-order valence-electron chi connectivity index (χ0n) is 14.6. The van der Waals surface area contributed by atoms with Crippen molar-refractivity contribution in [3.63, 3.8) is 0 Å². The fourth-order valence-corrected chi connectivity index (χ4v) is 4.45. The number of ketones is 1. The summed E-state index contributed by atoms with van der Waals surface area (Å²) in [5.74, 6) is 0.0502. The first-order valence-corrected chi connectivity index (χ1v) is 9.01. The van der Waals surface area contributed by atoms with Crippen LogP contribution in [0.3, 0.4) is 0 Å². The Balaban J connectivity index is 2.19. The van der Waals surface area contributed by atoms with Crippen LogP contribution in [-0.2, 0) is 9.59 Å². The first kappa shape index (κ1) is 17.4. The second-order valence-corrected chi connectivity index (χ2v) is 8.49. The number of amides is 1. The highest BCUT2D eigenvalue weighted by Gasteiger charge is 2.44. The fraction of sp³-hybridized carbons (Fsp3) is 0.474. The first-order valence-electron chi connectivity index (χ1n) is 8.22. The van der Waals surface area contributed by atoms with Crippen molar-refractivity contribution in [3.8, 4) is 0 Å². The van der Waals surface area contributed by atoms with Crippen molar-refractivity contribution in [2.24, 2.45) is 5.41 Å². The van der Waals surface area contributed by atoms with Gasteiger partial charge in [0.1, 0.15) is 0 Å². The average molecular weight is 391 g/mol. The summed E-state index contributed by atoms with van der Waals surface area (Å²) >= 11 is 3.59. The maximum Gasteiger partial charge on any atom is 0.242 e. The Morgan fingerprint density at radius 3 is 2.46 bits per heavy atom. The standard InChI is InChI=1S/C19H23BrN2O2/c1-19(2)10-15-18(16(23)11-19)13(9-17(24)22(15)21(3)4)12-7-5-6-8-14(12)20/h5-8,13H,9-11H2,1-4H3. The Hall–Kier alpha value is -1.46. The average Bonchev–Trinajstić information content (AvgIpc) is 2.44. The molecule has 0 saturated carbocycles. The van der Waals surface area contributed by atoms with Crippen LogP contribution in [0.2, 0.25) is 0 Å². The summed E-state index contributed by atoms with van der Waals surface area (Å²) in [7, 11) is 3.71. The third-order valence-corrected chi connectivity index (χ3v) is 5.52. The minimum Gasteiger partial charge on any atom is -0.294 e. The summed E-state index contributed by atoms with van der Waals surface area (Å²) in [6.45, 7) is 4.18. The monoisotopic (exact) mass is 390 g/mol. The molecule has 5 heteroatoms. The topological polar surface area (TPSA) is 40.6 Å². The Labute approximate surface area is 151 Å². The van der Waals surface area contributed by atoms with E-state index in [1.807, 2.05) is 38.4 Å². The molecule has 1 aliphatic carbocycles. The number of nitrogens with zero attached hydrogens (tertiary/aromatic N) is 2. The van der Waals surface area contributed by atoms with E-state index in [1.54, 1.807) is 10.0 Å². The van der Waals surface area contributed by atoms with Crippen LogP contribution in [0.1, 0.15) is 44.6 Å². The van der Waals surface area contributed by atoms with E-state index in [0.29, 0.717) is 12.8 Å². The van der Waals surface area contributed by atoms with Crippen LogP contribution in [0.4, 0.5) is 0 Å². The number of hydrazine groups is 1. The molecule has 0 saturated heterocycles. The maximum absolute atomic E-state index is 13.0. The van der Waals surface area contributed by atoms with Crippen LogP contribution < -0.4 is 0 Å². The molecule has 1 aromatic carbocycles. The van der Waals surface area contributed by atoms with Gasteiger partial charge >= 0.3 is 0 Å². The predicted octanol–water partition coefficient (Wildman–Crippen LogP) is 3.88. The maximum atomic E-state index is 13.0. The predicted molar refractivity (Wildman–Crippen MR) is 97.1 cm³/mol. The number of hydrogen-bond donors (Lipinski definition) is 0. The van der Waals surface area contributed by atoms with Crippen LogP contribution >= 0.6 is 15.9 Å². The van der Waals surface area contributed by atoms with Gasteiger partial charge in [-0.25, -0.2) is 10.0 Å². The summed E-state index contributed by atoms with van der Waals surface area (Å²) in [5.41, 5.74) is 2.58. The Morgan fingerprint density at radius 1 is 1.17 bits per heavy atom. The van der Waals surface area contributed by atoms with E-state index in [0.717, 1.165) is 27.7 Å². The molecular weight excluding hydrogens is 368 g/mol. The van der Waals surface area contributed by atoms with E-state index in [-0.39, 0.29) is 23.0 Å². The number of hydrogen-bond acceptors (Lipinski definition) is 3. The van der Waals surface area contributed by atoms with Crippen LogP contribution in [0, 0.1) is 5.41 Å². The number of halogens is 1. The van der Waals surface area contributed by atoms with E-state index in [9.17, 15) is 9.59 Å². The lowest BCUT2D eigenvalue weighted by atomic mass is 9.69. The molecule has 2 aliphatic rings. The van der Waals surface area contributed by atoms with E-state index in [2.05, 4.69) is 29.8 Å². The van der Waals surface area contributed by atoms with Crippen molar-refractivity contribution in [1.82, 2.24) is 10.0 Å². The SMILES string of the molecule is CN(C)N1C(=O)CC(c2ccccc2Br)C2=C1CC(C)(C)CC2=O. The van der Waals surface area contributed by atoms with Crippen molar-refractivity contribution >= 4 is 27.6 Å². The van der Waals surface area contributed by atoms with Gasteiger partial charge in [0.25, 0.3) is 0 Å². The van der Waals surface area contributed by atoms with E-state index < -0.39 is 0 Å². The molecule has 0 bridgehead atoms. The van der Waals surface area contributed by atoms with Gasteiger partial charge in [-0.3, -0.25) is 9.59 Å². The molecule has 1 atom stereocenters. The number of benzene rings is 1. The molecule has 0 aromatic heterocycles. The number of allylic oxidation sites excluding steroid dienone is 2. The molecule has 1 unspecified atom stereocenters. The molecule has 0 radical (unpaired) electrons. The molecule has 4 nitrogen and oxygen atoms in total. The molecular formula is C19H23BrN2O2. The van der Waals surface area contributed by atoms with Crippen LogP contribution in [-0.4, -0.2) is 35.8 Å². The largest absolute Gasteiger partial charge is 0.294 e. The number of rotatable bonds is 2. The van der Waals surface area contributed by atoms with Gasteiger partial charge < -0.3 is 0 Å². The van der Waals surface area contributed by atoms with Crippen LogP contribution in [0.15, 0.2) is 40.0 Å². The van der Waals surface area contributed by atoms with E-state index in [1.165, 1.54) is 0 Å². The zero-order chi connectivity index (χ0) is 17.6. The quantitative estimate of drug-likeness (QED) is 0.768. The van der Waals surface area contributed by atoms with Crippen LogP contribution in [0.25, 0.3) is 0 Å². The summed E-state index contributed by atoms with van der Waals surface area (Å²) < 4.78 is 0.950. The fourth-order valence-electron chi connectivity index (χ4n) is 3.89. The second-order valence-electron chi connectivity index (χ2n) is 7.63. The van der Waals surface area contributed by atoms with Gasteiger partial charge in [-0.2, -0.15) is 0 Å². The van der Waals surface area contributed by atoms with E-state index in [4.69, 9.17) is 0 Å². The summed E-state index contributed by atoms with van der Waals surface area (Å²) in [4.78, 5) is 25.8. The summed E-state index contributed by atoms with van der Waals surface area (Å²) in [6.07, 6.45) is 1.59. The number of carbonyl (C=O) groups is 2. The van der Waals surface area contributed by atoms with Gasteiger partial charge in [0.05, 0.1) is 0 Å².